The van der Waals surface area contributed by atoms with Crippen LogP contribution in [-0.4, -0.2) is 0 Å². The molecule has 0 spiro atoms. The van der Waals surface area contributed by atoms with E-state index < -0.39 is 6.85 Å². The summed E-state index contributed by atoms with van der Waals surface area (Å²) in [5.74, 6) is 0.463. The summed E-state index contributed by atoms with van der Waals surface area (Å²) >= 11 is 0. The van der Waals surface area contributed by atoms with Crippen molar-refractivity contribution in [1.82, 2.24) is 0 Å². The molecule has 200 valence electrons. The number of nitrogens with zero attached hydrogens (tertiary/aromatic N) is 1. The van der Waals surface area contributed by atoms with Crippen LogP contribution in [0.25, 0.3) is 55.4 Å². The van der Waals surface area contributed by atoms with Crippen molar-refractivity contribution in [1.29, 1.82) is 0 Å². The van der Waals surface area contributed by atoms with Crippen LogP contribution < -0.4 is 4.57 Å². The van der Waals surface area contributed by atoms with E-state index >= 15 is 0 Å². The fourth-order valence-electron chi connectivity index (χ4n) is 6.03. The van der Waals surface area contributed by atoms with Gasteiger partial charge in [0.2, 0.25) is 5.69 Å². The van der Waals surface area contributed by atoms with E-state index in [1.165, 1.54) is 0 Å². The summed E-state index contributed by atoms with van der Waals surface area (Å²) in [6.07, 6.45) is 1.80. The Bertz CT molecular complexity index is 1960. The van der Waals surface area contributed by atoms with Gasteiger partial charge < -0.3 is 4.42 Å². The Kier molecular flexibility index (Phi) is 5.71. The third kappa shape index (κ3) is 4.32. The van der Waals surface area contributed by atoms with Crippen LogP contribution in [0.1, 0.15) is 65.9 Å². The molecule has 4 aromatic carbocycles. The molecule has 40 heavy (non-hydrogen) atoms. The van der Waals surface area contributed by atoms with Crippen molar-refractivity contribution >= 4 is 21.9 Å². The summed E-state index contributed by atoms with van der Waals surface area (Å²) in [4.78, 5) is 0. The molecule has 2 heteroatoms. The molecular formula is C38H38NO+. The van der Waals surface area contributed by atoms with Crippen LogP contribution in [0, 0.1) is 13.8 Å². The van der Waals surface area contributed by atoms with E-state index in [1.807, 2.05) is 29.8 Å². The molecule has 0 saturated carbocycles. The fourth-order valence-corrected chi connectivity index (χ4v) is 6.03. The molecule has 0 atom stereocenters. The Morgan fingerprint density at radius 1 is 0.700 bits per heavy atom. The van der Waals surface area contributed by atoms with Gasteiger partial charge in [-0.1, -0.05) is 94.4 Å². The number of fused-ring (bicyclic) bond motifs is 3. The monoisotopic (exact) mass is 527 g/mol. The second-order valence-electron chi connectivity index (χ2n) is 11.5. The highest BCUT2D eigenvalue weighted by atomic mass is 16.3. The van der Waals surface area contributed by atoms with Crippen LogP contribution in [0.3, 0.4) is 0 Å². The van der Waals surface area contributed by atoms with Crippen LogP contribution in [0.5, 0.6) is 0 Å². The molecule has 6 aromatic rings. The van der Waals surface area contributed by atoms with Crippen molar-refractivity contribution in [3.63, 3.8) is 0 Å². The molecule has 0 fully saturated rings. The van der Waals surface area contributed by atoms with Crippen LogP contribution in [0.2, 0.25) is 0 Å². The molecular weight excluding hydrogens is 486 g/mol. The third-order valence-electron chi connectivity index (χ3n) is 8.13. The Balaban J connectivity index is 1.66. The van der Waals surface area contributed by atoms with E-state index in [-0.39, 0.29) is 11.8 Å². The molecule has 0 radical (unpaired) electrons. The van der Waals surface area contributed by atoms with Crippen LogP contribution in [-0.2, 0) is 7.05 Å². The van der Waals surface area contributed by atoms with Gasteiger partial charge in [0.15, 0.2) is 6.20 Å². The van der Waals surface area contributed by atoms with Gasteiger partial charge in [-0.25, -0.2) is 4.57 Å². The molecule has 0 aliphatic rings. The zero-order chi connectivity index (χ0) is 30.6. The minimum atomic E-state index is -2.28. The highest BCUT2D eigenvalue weighted by molar-refractivity contribution is 6.10. The third-order valence-corrected chi connectivity index (χ3v) is 8.13. The largest absolute Gasteiger partial charge is 0.455 e. The van der Waals surface area contributed by atoms with Gasteiger partial charge in [0.1, 0.15) is 18.2 Å². The lowest BCUT2D eigenvalue weighted by Gasteiger charge is -2.21. The highest BCUT2D eigenvalue weighted by Crippen LogP contribution is 2.42. The number of furan rings is 1. The lowest BCUT2D eigenvalue weighted by atomic mass is 9.83. The lowest BCUT2D eigenvalue weighted by Crippen LogP contribution is -2.31. The minimum absolute atomic E-state index is 0.231. The maximum Gasteiger partial charge on any atom is 0.216 e. The summed E-state index contributed by atoms with van der Waals surface area (Å²) in [5, 5.41) is 2.10. The molecule has 0 bridgehead atoms. The van der Waals surface area contributed by atoms with Crippen molar-refractivity contribution < 1.29 is 13.1 Å². The molecule has 0 aliphatic heterocycles. The number of hydrogen-bond acceptors (Lipinski definition) is 1. The number of rotatable bonds is 5. The lowest BCUT2D eigenvalue weighted by molar-refractivity contribution is -0.660. The van der Waals surface area contributed by atoms with Gasteiger partial charge >= 0.3 is 0 Å². The fraction of sp³-hybridized carbons (Fsp3) is 0.237. The molecule has 2 heterocycles. The van der Waals surface area contributed by atoms with Crippen molar-refractivity contribution in [2.45, 2.75) is 53.3 Å². The van der Waals surface area contributed by atoms with E-state index in [0.29, 0.717) is 5.56 Å². The van der Waals surface area contributed by atoms with E-state index in [1.54, 1.807) is 6.20 Å². The predicted molar refractivity (Wildman–Crippen MR) is 169 cm³/mol. The summed E-state index contributed by atoms with van der Waals surface area (Å²) in [6.45, 7) is 8.50. The second-order valence-corrected chi connectivity index (χ2v) is 11.5. The Morgan fingerprint density at radius 3 is 2.08 bits per heavy atom. The van der Waals surface area contributed by atoms with E-state index in [4.69, 9.17) is 8.53 Å². The first-order chi connectivity index (χ1) is 20.5. The van der Waals surface area contributed by atoms with Crippen molar-refractivity contribution in [2.24, 2.45) is 7.05 Å². The Hall–Kier alpha value is -4.17. The van der Waals surface area contributed by atoms with E-state index in [9.17, 15) is 0 Å². The Labute approximate surface area is 242 Å². The standard InChI is InChI=1S/C38H38NO/c1-23(2)29-14-11-15-30(24(3)4)37(29)33-21-34(39(7)22-26(33)6)36-25(5)16-18-32-31-19-17-28(20-35(31)40-38(32)36)27-12-9-8-10-13-27/h8-24H,1-7H3/q+1/i6D3. The normalized spacial score (nSPS) is 13.2. The average molecular weight is 528 g/mol. The first-order valence-electron chi connectivity index (χ1n) is 15.6. The van der Waals surface area contributed by atoms with Gasteiger partial charge in [-0.15, -0.1) is 0 Å². The zero-order valence-electron chi connectivity index (χ0n) is 27.2. The molecule has 2 aromatic heterocycles. The number of benzene rings is 4. The molecule has 6 rings (SSSR count). The summed E-state index contributed by atoms with van der Waals surface area (Å²) < 4.78 is 34.2. The smallest absolute Gasteiger partial charge is 0.216 e. The molecule has 0 saturated heterocycles. The number of hydrogen-bond donors (Lipinski definition) is 0. The number of aryl methyl sites for hydroxylation is 3. The van der Waals surface area contributed by atoms with E-state index in [0.717, 1.165) is 72.1 Å². The SMILES string of the molecule is [2H]C([2H])([2H])c1c[n+](C)c(-c2c(C)ccc3c2oc2cc(-c4ccccc4)ccc23)cc1-c1c(C(C)C)cccc1C(C)C. The molecule has 0 N–H and O–H groups in total. The molecule has 0 amide bonds. The van der Waals surface area contributed by atoms with E-state index in [2.05, 4.69) is 101 Å². The first-order valence-corrected chi connectivity index (χ1v) is 14.1. The van der Waals surface area contributed by atoms with Gasteiger partial charge in [-0.3, -0.25) is 0 Å². The number of pyridine rings is 1. The van der Waals surface area contributed by atoms with Gasteiger partial charge in [0, 0.05) is 26.5 Å². The molecule has 0 unspecified atom stereocenters. The minimum Gasteiger partial charge on any atom is -0.455 e. The highest BCUT2D eigenvalue weighted by Gasteiger charge is 2.25. The average Bonchev–Trinajstić information content (AvgIpc) is 3.34. The van der Waals surface area contributed by atoms with Gasteiger partial charge in [-0.05, 0) is 76.7 Å². The zero-order valence-corrected chi connectivity index (χ0v) is 24.2. The van der Waals surface area contributed by atoms with Gasteiger partial charge in [0.25, 0.3) is 0 Å². The predicted octanol–water partition coefficient (Wildman–Crippen LogP) is 10.3. The van der Waals surface area contributed by atoms with Crippen molar-refractivity contribution in [3.8, 4) is 33.5 Å². The summed E-state index contributed by atoms with van der Waals surface area (Å²) in [5.41, 5.74) is 11.3. The maximum absolute atomic E-state index is 8.53. The number of aromatic nitrogens is 1. The molecule has 2 nitrogen and oxygen atoms in total. The Morgan fingerprint density at radius 2 is 1.40 bits per heavy atom. The first kappa shape index (κ1) is 22.6. The quantitative estimate of drug-likeness (QED) is 0.204. The van der Waals surface area contributed by atoms with Crippen LogP contribution in [0.15, 0.2) is 95.5 Å². The topological polar surface area (TPSA) is 17.0 Å². The summed E-state index contributed by atoms with van der Waals surface area (Å²) in [6, 6.07) is 29.4. The van der Waals surface area contributed by atoms with Gasteiger partial charge in [0.05, 0.1) is 5.56 Å². The maximum atomic E-state index is 8.53. The van der Waals surface area contributed by atoms with Crippen molar-refractivity contribution in [3.05, 3.63) is 113 Å². The van der Waals surface area contributed by atoms with Crippen LogP contribution in [0.4, 0.5) is 0 Å². The van der Waals surface area contributed by atoms with Crippen molar-refractivity contribution in [2.75, 3.05) is 0 Å². The van der Waals surface area contributed by atoms with Gasteiger partial charge in [-0.2, -0.15) is 0 Å². The second kappa shape index (κ2) is 10.1. The molecule has 0 aliphatic carbocycles. The van der Waals surface area contributed by atoms with Crippen LogP contribution >= 0.6 is 0 Å². The summed E-state index contributed by atoms with van der Waals surface area (Å²) in [7, 11) is 1.93.